The Morgan fingerprint density at radius 2 is 1.76 bits per heavy atom. The van der Waals surface area contributed by atoms with Crippen LogP contribution < -0.4 is 14.8 Å². The van der Waals surface area contributed by atoms with E-state index in [1.807, 2.05) is 53.3 Å². The number of para-hydroxylation sites is 1. The van der Waals surface area contributed by atoms with Gasteiger partial charge in [-0.25, -0.2) is 22.9 Å². The lowest BCUT2D eigenvalue weighted by Gasteiger charge is -2.12. The Kier molecular flexibility index (Phi) is 8.11. The van der Waals surface area contributed by atoms with Crippen LogP contribution in [0.5, 0.6) is 5.75 Å². The molecule has 0 saturated carbocycles. The molecule has 0 spiro atoms. The van der Waals surface area contributed by atoms with Gasteiger partial charge in [-0.2, -0.15) is 0 Å². The highest BCUT2D eigenvalue weighted by Gasteiger charge is 2.15. The molecule has 0 unspecified atom stereocenters. The van der Waals surface area contributed by atoms with Gasteiger partial charge in [-0.05, 0) is 41.8 Å². The maximum absolute atomic E-state index is 12.0. The molecular weight excluding hydrogens is 504 g/mol. The third-order valence-corrected chi connectivity index (χ3v) is 6.40. The van der Waals surface area contributed by atoms with E-state index in [0.717, 1.165) is 53.5 Å². The van der Waals surface area contributed by atoms with Crippen LogP contribution in [0.1, 0.15) is 38.1 Å². The molecule has 198 valence electrons. The zero-order valence-electron chi connectivity index (χ0n) is 21.5. The van der Waals surface area contributed by atoms with Crippen LogP contribution in [-0.4, -0.2) is 36.2 Å². The number of hydrogen-bond donors (Lipinski definition) is 2. The first-order valence-corrected chi connectivity index (χ1v) is 14.2. The van der Waals surface area contributed by atoms with Gasteiger partial charge >= 0.3 is 6.09 Å². The van der Waals surface area contributed by atoms with E-state index in [1.54, 1.807) is 18.2 Å². The second-order valence-electron chi connectivity index (χ2n) is 9.06. The summed E-state index contributed by atoms with van der Waals surface area (Å²) in [6.45, 7) is 4.24. The van der Waals surface area contributed by atoms with Gasteiger partial charge in [0.25, 0.3) is 0 Å². The fourth-order valence-corrected chi connectivity index (χ4v) is 4.55. The number of aryl methyl sites for hydroxylation is 1. The van der Waals surface area contributed by atoms with E-state index in [2.05, 4.69) is 16.8 Å². The van der Waals surface area contributed by atoms with Crippen LogP contribution in [0.25, 0.3) is 22.2 Å². The number of amides is 2. The minimum absolute atomic E-state index is 0.127. The standard InChI is InChI=1S/C28H30N4O5S/c1-4-5-10-27-30-24-17-22(29-19(2)33)15-16-25(24)32(27)18-20-11-13-21(14-12-20)23-8-6-7-9-26(23)37-28(34)31-38(3,35)36/h6-9,11-17H,4-5,10,18H2,1-3H3,(H,29,33)(H,31,34). The lowest BCUT2D eigenvalue weighted by Crippen LogP contribution is -2.32. The molecule has 10 heteroatoms. The highest BCUT2D eigenvalue weighted by molar-refractivity contribution is 7.89. The highest BCUT2D eigenvalue weighted by Crippen LogP contribution is 2.31. The molecule has 0 aliphatic carbocycles. The number of ether oxygens (including phenoxy) is 1. The quantitative estimate of drug-likeness (QED) is 0.308. The number of aromatic nitrogens is 2. The Morgan fingerprint density at radius 1 is 1.03 bits per heavy atom. The van der Waals surface area contributed by atoms with E-state index in [1.165, 1.54) is 6.92 Å². The molecule has 4 rings (SSSR count). The molecule has 3 aromatic carbocycles. The molecule has 0 radical (unpaired) electrons. The Balaban J connectivity index is 1.60. The molecule has 1 heterocycles. The summed E-state index contributed by atoms with van der Waals surface area (Å²) in [5, 5.41) is 2.81. The van der Waals surface area contributed by atoms with E-state index in [9.17, 15) is 18.0 Å². The maximum atomic E-state index is 12.0. The van der Waals surface area contributed by atoms with Crippen LogP contribution >= 0.6 is 0 Å². The van der Waals surface area contributed by atoms with Crippen molar-refractivity contribution in [1.29, 1.82) is 0 Å². The topological polar surface area (TPSA) is 119 Å². The van der Waals surface area contributed by atoms with Crippen molar-refractivity contribution in [3.8, 4) is 16.9 Å². The van der Waals surface area contributed by atoms with Crippen molar-refractivity contribution in [3.63, 3.8) is 0 Å². The summed E-state index contributed by atoms with van der Waals surface area (Å²) in [6.07, 6.45) is 2.74. The number of rotatable bonds is 9. The first-order valence-electron chi connectivity index (χ1n) is 12.3. The Hall–Kier alpha value is -4.18. The minimum Gasteiger partial charge on any atom is -0.409 e. The molecule has 9 nitrogen and oxygen atoms in total. The number of fused-ring (bicyclic) bond motifs is 1. The number of sulfonamides is 1. The molecule has 1 aromatic heterocycles. The van der Waals surface area contributed by atoms with Crippen molar-refractivity contribution < 1.29 is 22.7 Å². The summed E-state index contributed by atoms with van der Waals surface area (Å²) in [5.41, 5.74) is 5.07. The van der Waals surface area contributed by atoms with Crippen LogP contribution in [0.2, 0.25) is 0 Å². The van der Waals surface area contributed by atoms with Gasteiger partial charge in [-0.15, -0.1) is 0 Å². The zero-order valence-corrected chi connectivity index (χ0v) is 22.3. The zero-order chi connectivity index (χ0) is 27.3. The van der Waals surface area contributed by atoms with Gasteiger partial charge in [0.1, 0.15) is 11.6 Å². The molecule has 0 bridgehead atoms. The summed E-state index contributed by atoms with van der Waals surface area (Å²) in [6, 6.07) is 20.6. The van der Waals surface area contributed by atoms with Crippen LogP contribution in [0.4, 0.5) is 10.5 Å². The second-order valence-corrected chi connectivity index (χ2v) is 10.8. The first-order chi connectivity index (χ1) is 18.1. The number of carbonyl (C=O) groups excluding carboxylic acids is 2. The molecular formula is C28H30N4O5S. The van der Waals surface area contributed by atoms with Crippen molar-refractivity contribution in [2.75, 3.05) is 11.6 Å². The van der Waals surface area contributed by atoms with Crippen molar-refractivity contribution in [1.82, 2.24) is 14.3 Å². The SMILES string of the molecule is CCCCc1nc2cc(NC(C)=O)ccc2n1Cc1ccc(-c2ccccc2OC(=O)NS(C)(=O)=O)cc1. The number of imidazole rings is 1. The Morgan fingerprint density at radius 3 is 2.45 bits per heavy atom. The third kappa shape index (κ3) is 6.77. The van der Waals surface area contributed by atoms with Gasteiger partial charge in [-0.3, -0.25) is 4.79 Å². The summed E-state index contributed by atoms with van der Waals surface area (Å²) >= 11 is 0. The van der Waals surface area contributed by atoms with Crippen LogP contribution in [0, 0.1) is 0 Å². The molecule has 0 saturated heterocycles. The van der Waals surface area contributed by atoms with E-state index < -0.39 is 16.1 Å². The number of benzene rings is 3. The van der Waals surface area contributed by atoms with E-state index in [0.29, 0.717) is 17.8 Å². The van der Waals surface area contributed by atoms with Crippen LogP contribution in [0.3, 0.4) is 0 Å². The van der Waals surface area contributed by atoms with Gasteiger partial charge in [0, 0.05) is 31.1 Å². The number of anilines is 1. The lowest BCUT2D eigenvalue weighted by atomic mass is 10.0. The number of unbranched alkanes of at least 4 members (excludes halogenated alkanes) is 1. The van der Waals surface area contributed by atoms with Crippen molar-refractivity contribution in [3.05, 3.63) is 78.1 Å². The number of nitrogens with zero attached hydrogens (tertiary/aromatic N) is 2. The largest absolute Gasteiger partial charge is 0.426 e. The Labute approximate surface area is 221 Å². The predicted molar refractivity (Wildman–Crippen MR) is 148 cm³/mol. The molecule has 2 N–H and O–H groups in total. The van der Waals surface area contributed by atoms with E-state index >= 15 is 0 Å². The Bertz CT molecular complexity index is 1580. The van der Waals surface area contributed by atoms with Crippen molar-refractivity contribution >= 4 is 38.7 Å². The van der Waals surface area contributed by atoms with Gasteiger partial charge in [0.2, 0.25) is 15.9 Å². The highest BCUT2D eigenvalue weighted by atomic mass is 32.2. The van der Waals surface area contributed by atoms with Gasteiger partial charge < -0.3 is 14.6 Å². The molecule has 0 aliphatic heterocycles. The van der Waals surface area contributed by atoms with Crippen LogP contribution in [-0.2, 0) is 27.8 Å². The molecule has 0 atom stereocenters. The van der Waals surface area contributed by atoms with Gasteiger partial charge in [0.05, 0.1) is 17.3 Å². The smallest absolute Gasteiger partial charge is 0.409 e. The monoisotopic (exact) mass is 534 g/mol. The molecule has 0 aliphatic rings. The number of nitrogens with one attached hydrogen (secondary N) is 2. The van der Waals surface area contributed by atoms with Gasteiger partial charge in [-0.1, -0.05) is 55.8 Å². The van der Waals surface area contributed by atoms with Gasteiger partial charge in [0.15, 0.2) is 0 Å². The lowest BCUT2D eigenvalue weighted by molar-refractivity contribution is -0.114. The minimum atomic E-state index is -3.74. The molecule has 4 aromatic rings. The van der Waals surface area contributed by atoms with Crippen molar-refractivity contribution in [2.45, 2.75) is 39.7 Å². The maximum Gasteiger partial charge on any atom is 0.426 e. The molecule has 38 heavy (non-hydrogen) atoms. The molecule has 2 amide bonds. The van der Waals surface area contributed by atoms with E-state index in [4.69, 9.17) is 9.72 Å². The first kappa shape index (κ1) is 26.9. The average molecular weight is 535 g/mol. The summed E-state index contributed by atoms with van der Waals surface area (Å²) in [5.74, 6) is 1.11. The van der Waals surface area contributed by atoms with Crippen molar-refractivity contribution in [2.24, 2.45) is 0 Å². The number of carbonyl (C=O) groups is 2. The fourth-order valence-electron chi connectivity index (χ4n) is 4.20. The summed E-state index contributed by atoms with van der Waals surface area (Å²) < 4.78 is 32.0. The normalized spacial score (nSPS) is 11.3. The van der Waals surface area contributed by atoms with Crippen LogP contribution in [0.15, 0.2) is 66.7 Å². The fraction of sp³-hybridized carbons (Fsp3) is 0.250. The third-order valence-electron chi connectivity index (χ3n) is 5.87. The second kappa shape index (κ2) is 11.5. The predicted octanol–water partition coefficient (Wildman–Crippen LogP) is 5.10. The van der Waals surface area contributed by atoms with E-state index in [-0.39, 0.29) is 11.7 Å². The molecule has 0 fully saturated rings. The summed E-state index contributed by atoms with van der Waals surface area (Å²) in [4.78, 5) is 28.3. The number of hydrogen-bond acceptors (Lipinski definition) is 6. The average Bonchev–Trinajstić information content (AvgIpc) is 3.18. The summed E-state index contributed by atoms with van der Waals surface area (Å²) in [7, 11) is -3.74.